The molecule has 6 heteroatoms. The fraction of sp³-hybridized carbons (Fsp3) is 0.526. The van der Waals surface area contributed by atoms with E-state index in [9.17, 15) is 9.00 Å². The highest BCUT2D eigenvalue weighted by molar-refractivity contribution is 7.83. The number of amides is 1. The molecule has 0 bridgehead atoms. The van der Waals surface area contributed by atoms with Crippen molar-refractivity contribution in [1.29, 1.82) is 0 Å². The Labute approximate surface area is 153 Å². The Morgan fingerprint density at radius 1 is 1.44 bits per heavy atom. The van der Waals surface area contributed by atoms with Crippen LogP contribution < -0.4 is 9.46 Å². The van der Waals surface area contributed by atoms with E-state index in [0.29, 0.717) is 31.7 Å². The maximum Gasteiger partial charge on any atom is 0.223 e. The third kappa shape index (κ3) is 4.92. The summed E-state index contributed by atoms with van der Waals surface area (Å²) in [4.78, 5) is 14.4. The van der Waals surface area contributed by atoms with Gasteiger partial charge in [0.05, 0.1) is 18.1 Å². The molecule has 0 saturated carbocycles. The zero-order valence-corrected chi connectivity index (χ0v) is 16.1. The Kier molecular flexibility index (Phi) is 6.79. The number of hydrogen-bond acceptors (Lipinski definition) is 3. The molecule has 5 nitrogen and oxygen atoms in total. The normalized spacial score (nSPS) is 21.0. The van der Waals surface area contributed by atoms with Crippen molar-refractivity contribution in [3.05, 3.63) is 42.5 Å². The zero-order chi connectivity index (χ0) is 18.4. The summed E-state index contributed by atoms with van der Waals surface area (Å²) in [6.07, 6.45) is 2.97. The molecule has 1 amide bonds. The Morgan fingerprint density at radius 3 is 2.68 bits per heavy atom. The molecule has 2 rings (SSSR count). The van der Waals surface area contributed by atoms with Crippen LogP contribution in [0.25, 0.3) is 0 Å². The molecular weight excluding hydrogens is 336 g/mol. The molecule has 1 aromatic rings. The molecule has 3 atom stereocenters. The van der Waals surface area contributed by atoms with Crippen LogP contribution in [0.2, 0.25) is 0 Å². The first-order valence-electron chi connectivity index (χ1n) is 8.59. The van der Waals surface area contributed by atoms with Crippen LogP contribution in [0.5, 0.6) is 5.75 Å². The number of nitrogens with zero attached hydrogens (tertiary/aromatic N) is 1. The third-order valence-corrected chi connectivity index (χ3v) is 6.04. The second-order valence-corrected chi connectivity index (χ2v) is 8.14. The van der Waals surface area contributed by atoms with Gasteiger partial charge in [-0.3, -0.25) is 4.79 Å². The molecule has 2 unspecified atom stereocenters. The van der Waals surface area contributed by atoms with Crippen molar-refractivity contribution in [1.82, 2.24) is 9.62 Å². The highest BCUT2D eigenvalue weighted by Gasteiger charge is 2.42. The molecule has 0 radical (unpaired) electrons. The quantitative estimate of drug-likeness (QED) is 0.686. The van der Waals surface area contributed by atoms with E-state index >= 15 is 0 Å². The number of hydrogen-bond donors (Lipinski definition) is 1. The highest BCUT2D eigenvalue weighted by Crippen LogP contribution is 2.32. The van der Waals surface area contributed by atoms with E-state index in [0.717, 1.165) is 11.3 Å². The van der Waals surface area contributed by atoms with E-state index in [-0.39, 0.29) is 11.8 Å². The van der Waals surface area contributed by atoms with E-state index in [2.05, 4.69) is 11.3 Å². The topological polar surface area (TPSA) is 58.6 Å². The van der Waals surface area contributed by atoms with E-state index in [4.69, 9.17) is 4.74 Å². The molecule has 1 aromatic carbocycles. The summed E-state index contributed by atoms with van der Waals surface area (Å²) in [5.74, 6) is 1.59. The highest BCUT2D eigenvalue weighted by atomic mass is 32.2. The standard InChI is InChI=1S/C19H28N2O3S/c1-5-11-19(3,20-25(23)6-2)16-12-18(22)21(14-16)13-15-7-9-17(24-4)10-8-15/h5,7-10,16,20H,1,6,11-14H2,2-4H3/t16?,19?,25-/m0/s1. The minimum Gasteiger partial charge on any atom is -0.497 e. The van der Waals surface area contributed by atoms with E-state index in [1.54, 1.807) is 7.11 Å². The van der Waals surface area contributed by atoms with Crippen LogP contribution >= 0.6 is 0 Å². The van der Waals surface area contributed by atoms with Gasteiger partial charge in [-0.2, -0.15) is 0 Å². The first-order chi connectivity index (χ1) is 11.9. The molecule has 25 heavy (non-hydrogen) atoms. The van der Waals surface area contributed by atoms with Gasteiger partial charge in [0.25, 0.3) is 0 Å². The maximum absolute atomic E-state index is 12.5. The lowest BCUT2D eigenvalue weighted by Crippen LogP contribution is -2.50. The summed E-state index contributed by atoms with van der Waals surface area (Å²) in [5.41, 5.74) is 0.678. The summed E-state index contributed by atoms with van der Waals surface area (Å²) in [6.45, 7) is 8.98. The first-order valence-corrected chi connectivity index (χ1v) is 9.91. The predicted octanol–water partition coefficient (Wildman–Crippen LogP) is 2.65. The number of rotatable bonds is 9. The van der Waals surface area contributed by atoms with Gasteiger partial charge in [-0.25, -0.2) is 8.93 Å². The van der Waals surface area contributed by atoms with Crippen LogP contribution in [0.1, 0.15) is 32.3 Å². The minimum atomic E-state index is -1.10. The van der Waals surface area contributed by atoms with Crippen LogP contribution in [0.4, 0.5) is 0 Å². The van der Waals surface area contributed by atoms with Gasteiger partial charge in [-0.15, -0.1) is 6.58 Å². The van der Waals surface area contributed by atoms with E-state index in [1.807, 2.05) is 49.1 Å². The Morgan fingerprint density at radius 2 is 2.12 bits per heavy atom. The van der Waals surface area contributed by atoms with Gasteiger partial charge in [0.15, 0.2) is 0 Å². The second-order valence-electron chi connectivity index (χ2n) is 6.67. The van der Waals surface area contributed by atoms with Crippen molar-refractivity contribution in [2.45, 2.75) is 38.8 Å². The monoisotopic (exact) mass is 364 g/mol. The van der Waals surface area contributed by atoms with Crippen molar-refractivity contribution >= 4 is 16.9 Å². The largest absolute Gasteiger partial charge is 0.497 e. The van der Waals surface area contributed by atoms with Gasteiger partial charge in [-0.1, -0.05) is 25.1 Å². The first kappa shape index (κ1) is 19.7. The van der Waals surface area contributed by atoms with Crippen molar-refractivity contribution in [2.75, 3.05) is 19.4 Å². The van der Waals surface area contributed by atoms with Crippen LogP contribution in [0, 0.1) is 5.92 Å². The smallest absolute Gasteiger partial charge is 0.223 e. The lowest BCUT2D eigenvalue weighted by atomic mass is 9.83. The third-order valence-electron chi connectivity index (χ3n) is 4.83. The summed E-state index contributed by atoms with van der Waals surface area (Å²) in [5, 5.41) is 0. The zero-order valence-electron chi connectivity index (χ0n) is 15.3. The van der Waals surface area contributed by atoms with Gasteiger partial charge in [0, 0.05) is 36.7 Å². The second kappa shape index (κ2) is 8.63. The van der Waals surface area contributed by atoms with Crippen LogP contribution in [0.15, 0.2) is 36.9 Å². The average Bonchev–Trinajstić information content (AvgIpc) is 2.97. The molecule has 1 heterocycles. The van der Waals surface area contributed by atoms with E-state index < -0.39 is 16.5 Å². The fourth-order valence-electron chi connectivity index (χ4n) is 3.23. The number of ether oxygens (including phenoxy) is 1. The molecular formula is C19H28N2O3S. The van der Waals surface area contributed by atoms with Gasteiger partial charge >= 0.3 is 0 Å². The van der Waals surface area contributed by atoms with Gasteiger partial charge in [0.2, 0.25) is 5.91 Å². The SMILES string of the molecule is C=CCC(C)(N[S@@](=O)CC)C1CC(=O)N(Cc2ccc(OC)cc2)C1. The van der Waals surface area contributed by atoms with Crippen LogP contribution in [0.3, 0.4) is 0 Å². The van der Waals surface area contributed by atoms with Crippen molar-refractivity contribution in [2.24, 2.45) is 5.92 Å². The average molecular weight is 365 g/mol. The molecule has 1 saturated heterocycles. The number of benzene rings is 1. The number of nitrogens with one attached hydrogen (secondary N) is 1. The molecule has 1 aliphatic heterocycles. The summed E-state index contributed by atoms with van der Waals surface area (Å²) >= 11 is 0. The minimum absolute atomic E-state index is 0.103. The Balaban J connectivity index is 2.08. The Hall–Kier alpha value is -1.66. The number of methoxy groups -OCH3 is 1. The fourth-order valence-corrected chi connectivity index (χ4v) is 4.14. The van der Waals surface area contributed by atoms with Crippen molar-refractivity contribution in [3.8, 4) is 5.75 Å². The lowest BCUT2D eigenvalue weighted by Gasteiger charge is -2.35. The number of carbonyl (C=O) groups excluding carboxylic acids is 1. The van der Waals surface area contributed by atoms with Gasteiger partial charge < -0.3 is 9.64 Å². The molecule has 1 N–H and O–H groups in total. The summed E-state index contributed by atoms with van der Waals surface area (Å²) in [7, 11) is 0.537. The summed E-state index contributed by atoms with van der Waals surface area (Å²) < 4.78 is 20.4. The van der Waals surface area contributed by atoms with Crippen molar-refractivity contribution < 1.29 is 13.7 Å². The predicted molar refractivity (Wildman–Crippen MR) is 102 cm³/mol. The molecule has 138 valence electrons. The molecule has 0 aliphatic carbocycles. The number of carbonyl (C=O) groups is 1. The maximum atomic E-state index is 12.5. The molecule has 0 aromatic heterocycles. The van der Waals surface area contributed by atoms with Crippen LogP contribution in [-0.2, 0) is 22.3 Å². The van der Waals surface area contributed by atoms with Gasteiger partial charge in [0.1, 0.15) is 5.75 Å². The Bertz CT molecular complexity index is 632. The lowest BCUT2D eigenvalue weighted by molar-refractivity contribution is -0.128. The molecule has 1 aliphatic rings. The molecule has 0 spiro atoms. The number of likely N-dealkylation sites (tertiary alicyclic amines) is 1. The summed E-state index contributed by atoms with van der Waals surface area (Å²) in [6, 6.07) is 7.77. The molecule has 1 fully saturated rings. The van der Waals surface area contributed by atoms with Gasteiger partial charge in [-0.05, 0) is 31.0 Å². The van der Waals surface area contributed by atoms with Crippen molar-refractivity contribution in [3.63, 3.8) is 0 Å². The van der Waals surface area contributed by atoms with E-state index in [1.165, 1.54) is 0 Å². The van der Waals surface area contributed by atoms with Crippen LogP contribution in [-0.4, -0.2) is 40.0 Å².